The molecule has 0 N–H and O–H groups in total. The number of hydrogen-bond donors (Lipinski definition) is 0. The Hall–Kier alpha value is -1.09. The van der Waals surface area contributed by atoms with Crippen LogP contribution in [0.15, 0.2) is 35.5 Å². The van der Waals surface area contributed by atoms with Gasteiger partial charge in [0.15, 0.2) is 0 Å². The number of aromatic nitrogens is 2. The monoisotopic (exact) mass is 206 g/mol. The summed E-state index contributed by atoms with van der Waals surface area (Å²) >= 11 is 1.78. The van der Waals surface area contributed by atoms with Crippen molar-refractivity contribution in [3.05, 3.63) is 41.1 Å². The van der Waals surface area contributed by atoms with Crippen molar-refractivity contribution in [2.75, 3.05) is 0 Å². The van der Waals surface area contributed by atoms with Crippen LogP contribution in [0.4, 0.5) is 0 Å². The molecule has 0 saturated heterocycles. The zero-order valence-corrected chi connectivity index (χ0v) is 8.91. The maximum absolute atomic E-state index is 4.02. The number of aryl methyl sites for hydroxylation is 2. The molecule has 0 aromatic carbocycles. The highest BCUT2D eigenvalue weighted by Crippen LogP contribution is 2.09. The van der Waals surface area contributed by atoms with Crippen molar-refractivity contribution < 1.29 is 0 Å². The zero-order chi connectivity index (χ0) is 9.64. The van der Waals surface area contributed by atoms with E-state index in [1.54, 1.807) is 11.3 Å². The van der Waals surface area contributed by atoms with Gasteiger partial charge in [-0.15, -0.1) is 0 Å². The third-order valence-corrected chi connectivity index (χ3v) is 3.00. The van der Waals surface area contributed by atoms with Crippen molar-refractivity contribution in [1.29, 1.82) is 0 Å². The summed E-state index contributed by atoms with van der Waals surface area (Å²) in [7, 11) is 0. The smallest absolute Gasteiger partial charge is 0.0945 e. The molecule has 2 aromatic rings. The lowest BCUT2D eigenvalue weighted by molar-refractivity contribution is 0.609. The lowest BCUT2D eigenvalue weighted by Crippen LogP contribution is -1.94. The first-order valence-electron chi connectivity index (χ1n) is 4.92. The van der Waals surface area contributed by atoms with E-state index in [1.165, 1.54) is 24.8 Å². The Balaban J connectivity index is 1.65. The molecule has 74 valence electrons. The lowest BCUT2D eigenvalue weighted by atomic mass is 10.1. The average molecular weight is 206 g/mol. The van der Waals surface area contributed by atoms with Gasteiger partial charge < -0.3 is 4.57 Å². The van der Waals surface area contributed by atoms with Gasteiger partial charge in [0, 0.05) is 18.9 Å². The third-order valence-electron chi connectivity index (χ3n) is 2.27. The van der Waals surface area contributed by atoms with Crippen LogP contribution in [0.25, 0.3) is 0 Å². The molecule has 0 unspecified atom stereocenters. The number of rotatable bonds is 5. The molecule has 14 heavy (non-hydrogen) atoms. The Morgan fingerprint density at radius 1 is 1.36 bits per heavy atom. The van der Waals surface area contributed by atoms with Crippen LogP contribution in [-0.4, -0.2) is 9.55 Å². The molecule has 0 aliphatic heterocycles. The molecule has 0 saturated carbocycles. The van der Waals surface area contributed by atoms with Crippen molar-refractivity contribution in [2.45, 2.75) is 25.8 Å². The molecule has 0 amide bonds. The van der Waals surface area contributed by atoms with Gasteiger partial charge in [0.25, 0.3) is 0 Å². The van der Waals surface area contributed by atoms with Crippen molar-refractivity contribution >= 4 is 11.3 Å². The van der Waals surface area contributed by atoms with Gasteiger partial charge in [0.1, 0.15) is 0 Å². The second kappa shape index (κ2) is 4.96. The standard InChI is InChI=1S/C11H14N2S/c1(3-11-4-8-14-9-11)2-6-13-7-5-12-10-13/h4-5,7-10H,1-3,6H2. The first-order chi connectivity index (χ1) is 6.95. The van der Waals surface area contributed by atoms with Gasteiger partial charge in [-0.1, -0.05) is 0 Å². The maximum atomic E-state index is 4.02. The molecule has 2 aromatic heterocycles. The molecule has 0 aliphatic rings. The molecule has 0 radical (unpaired) electrons. The molecule has 0 spiro atoms. The Kier molecular flexibility index (Phi) is 3.35. The predicted molar refractivity (Wildman–Crippen MR) is 59.5 cm³/mol. The van der Waals surface area contributed by atoms with Crippen molar-refractivity contribution in [3.63, 3.8) is 0 Å². The van der Waals surface area contributed by atoms with E-state index >= 15 is 0 Å². The summed E-state index contributed by atoms with van der Waals surface area (Å²) in [6.07, 6.45) is 9.42. The molecule has 0 fully saturated rings. The number of hydrogen-bond acceptors (Lipinski definition) is 2. The lowest BCUT2D eigenvalue weighted by Gasteiger charge is -2.00. The Labute approximate surface area is 88.2 Å². The topological polar surface area (TPSA) is 17.8 Å². The minimum absolute atomic E-state index is 1.09. The van der Waals surface area contributed by atoms with Crippen molar-refractivity contribution in [3.8, 4) is 0 Å². The summed E-state index contributed by atoms with van der Waals surface area (Å²) < 4.78 is 2.13. The number of nitrogens with zero attached hydrogens (tertiary/aromatic N) is 2. The van der Waals surface area contributed by atoms with E-state index in [4.69, 9.17) is 0 Å². The first-order valence-corrected chi connectivity index (χ1v) is 5.86. The van der Waals surface area contributed by atoms with E-state index < -0.39 is 0 Å². The number of unbranched alkanes of at least 4 members (excludes halogenated alkanes) is 1. The van der Waals surface area contributed by atoms with Gasteiger partial charge in [-0.3, -0.25) is 0 Å². The minimum Gasteiger partial charge on any atom is -0.337 e. The van der Waals surface area contributed by atoms with E-state index in [-0.39, 0.29) is 0 Å². The maximum Gasteiger partial charge on any atom is 0.0945 e. The summed E-state index contributed by atoms with van der Waals surface area (Å²) in [6, 6.07) is 2.21. The molecule has 0 bridgehead atoms. The largest absolute Gasteiger partial charge is 0.337 e. The Morgan fingerprint density at radius 2 is 2.36 bits per heavy atom. The quantitative estimate of drug-likeness (QED) is 0.688. The molecular weight excluding hydrogens is 192 g/mol. The number of thiophene rings is 1. The van der Waals surface area contributed by atoms with Crippen molar-refractivity contribution in [2.24, 2.45) is 0 Å². The number of imidazole rings is 1. The van der Waals surface area contributed by atoms with Crippen molar-refractivity contribution in [1.82, 2.24) is 9.55 Å². The molecule has 3 heteroatoms. The highest BCUT2D eigenvalue weighted by atomic mass is 32.1. The van der Waals surface area contributed by atoms with Gasteiger partial charge in [-0.05, 0) is 41.7 Å². The highest BCUT2D eigenvalue weighted by molar-refractivity contribution is 7.07. The van der Waals surface area contributed by atoms with Gasteiger partial charge in [0.05, 0.1) is 6.33 Å². The highest BCUT2D eigenvalue weighted by Gasteiger charge is 1.94. The summed E-state index contributed by atoms with van der Waals surface area (Å²) in [5, 5.41) is 4.38. The van der Waals surface area contributed by atoms with Crippen LogP contribution in [0, 0.1) is 0 Å². The van der Waals surface area contributed by atoms with Crippen LogP contribution in [0.2, 0.25) is 0 Å². The van der Waals surface area contributed by atoms with Crippen LogP contribution < -0.4 is 0 Å². The second-order valence-electron chi connectivity index (χ2n) is 3.39. The van der Waals surface area contributed by atoms with Gasteiger partial charge in [-0.25, -0.2) is 4.98 Å². The molecular formula is C11H14N2S. The Morgan fingerprint density at radius 3 is 3.07 bits per heavy atom. The summed E-state index contributed by atoms with van der Waals surface area (Å²) in [4.78, 5) is 4.02. The van der Waals surface area contributed by atoms with Crippen LogP contribution in [-0.2, 0) is 13.0 Å². The fourth-order valence-corrected chi connectivity index (χ4v) is 2.18. The third kappa shape index (κ3) is 2.70. The normalized spacial score (nSPS) is 10.6. The Bertz CT molecular complexity index is 301. The predicted octanol–water partition coefficient (Wildman–Crippen LogP) is 2.97. The van der Waals surface area contributed by atoms with Crippen LogP contribution in [0.5, 0.6) is 0 Å². The second-order valence-corrected chi connectivity index (χ2v) is 4.17. The molecule has 2 heterocycles. The average Bonchev–Trinajstić information content (AvgIpc) is 2.86. The van der Waals surface area contributed by atoms with E-state index in [1.807, 2.05) is 18.7 Å². The van der Waals surface area contributed by atoms with Gasteiger partial charge in [-0.2, -0.15) is 11.3 Å². The molecule has 0 aliphatic carbocycles. The van der Waals surface area contributed by atoms with E-state index in [2.05, 4.69) is 26.4 Å². The SMILES string of the molecule is c1cn(CCCCc2ccsc2)cn1. The molecule has 0 atom stereocenters. The minimum atomic E-state index is 1.09. The summed E-state index contributed by atoms with van der Waals surface area (Å²) in [6.45, 7) is 1.09. The molecule has 2 rings (SSSR count). The van der Waals surface area contributed by atoms with E-state index in [0.29, 0.717) is 0 Å². The van der Waals surface area contributed by atoms with Crippen LogP contribution >= 0.6 is 11.3 Å². The fraction of sp³-hybridized carbons (Fsp3) is 0.364. The van der Waals surface area contributed by atoms with Gasteiger partial charge in [0.2, 0.25) is 0 Å². The zero-order valence-electron chi connectivity index (χ0n) is 8.10. The van der Waals surface area contributed by atoms with E-state index in [0.717, 1.165) is 6.54 Å². The summed E-state index contributed by atoms with van der Waals surface area (Å²) in [5.41, 5.74) is 1.47. The summed E-state index contributed by atoms with van der Waals surface area (Å²) in [5.74, 6) is 0. The molecule has 2 nitrogen and oxygen atoms in total. The van der Waals surface area contributed by atoms with Crippen LogP contribution in [0.3, 0.4) is 0 Å². The van der Waals surface area contributed by atoms with E-state index in [9.17, 15) is 0 Å². The van der Waals surface area contributed by atoms with Gasteiger partial charge >= 0.3 is 0 Å². The first kappa shape index (κ1) is 9.46. The fourth-order valence-electron chi connectivity index (χ4n) is 1.48. The van der Waals surface area contributed by atoms with Crippen LogP contribution in [0.1, 0.15) is 18.4 Å².